The number of amides is 1. The molecule has 0 saturated carbocycles. The number of carbonyl (C=O) groups is 1. The third-order valence-electron chi connectivity index (χ3n) is 3.24. The van der Waals surface area contributed by atoms with Crippen molar-refractivity contribution in [3.05, 3.63) is 69.6 Å². The molecule has 0 aliphatic heterocycles. The molecule has 0 fully saturated rings. The zero-order valence-corrected chi connectivity index (χ0v) is 12.3. The minimum Gasteiger partial charge on any atom is -0.345 e. The van der Waals surface area contributed by atoms with Crippen LogP contribution in [0.3, 0.4) is 0 Å². The van der Waals surface area contributed by atoms with Gasteiger partial charge < -0.3 is 10.3 Å². The number of halogens is 3. The number of aryl methyl sites for hydroxylation is 1. The molecular formula is C16H15F3N2O2. The number of hydrogen-bond acceptors (Lipinski definition) is 2. The first-order chi connectivity index (χ1) is 10.8. The number of benzene rings is 1. The average molecular weight is 324 g/mol. The van der Waals surface area contributed by atoms with Crippen molar-refractivity contribution in [1.82, 2.24) is 10.3 Å². The molecule has 1 heterocycles. The van der Waals surface area contributed by atoms with Crippen molar-refractivity contribution in [2.75, 3.05) is 0 Å². The number of nitrogens with one attached hydrogen (secondary N) is 2. The molecule has 0 unspecified atom stereocenters. The quantitative estimate of drug-likeness (QED) is 0.908. The van der Waals surface area contributed by atoms with Gasteiger partial charge in [0.1, 0.15) is 5.56 Å². The molecule has 7 heteroatoms. The number of hydrogen-bond donors (Lipinski definition) is 2. The van der Waals surface area contributed by atoms with Crippen LogP contribution in [-0.4, -0.2) is 17.1 Å². The summed E-state index contributed by atoms with van der Waals surface area (Å²) in [6.07, 6.45) is -5.67. The van der Waals surface area contributed by atoms with E-state index in [-0.39, 0.29) is 5.56 Å². The molecule has 2 aromatic rings. The Bertz CT molecular complexity index is 739. The fourth-order valence-electron chi connectivity index (χ4n) is 2.16. The van der Waals surface area contributed by atoms with E-state index in [2.05, 4.69) is 10.3 Å². The standard InChI is InChI=1S/C16H15F3N2O2/c1-10-7-8-12(14(22)20-10)15(23)21-13(9-16(17,18)19)11-5-3-2-4-6-11/h2-8,13H,9H2,1H3,(H,20,22)(H,21,23)/t13-/m0/s1. The molecule has 0 spiro atoms. The van der Waals surface area contributed by atoms with Crippen molar-refractivity contribution in [3.8, 4) is 0 Å². The van der Waals surface area contributed by atoms with E-state index in [1.165, 1.54) is 24.3 Å². The van der Waals surface area contributed by atoms with E-state index in [9.17, 15) is 22.8 Å². The average Bonchev–Trinajstić information content (AvgIpc) is 2.46. The first-order valence-electron chi connectivity index (χ1n) is 6.89. The van der Waals surface area contributed by atoms with E-state index >= 15 is 0 Å². The Morgan fingerprint density at radius 1 is 1.17 bits per heavy atom. The second-order valence-corrected chi connectivity index (χ2v) is 5.14. The van der Waals surface area contributed by atoms with Gasteiger partial charge in [0, 0.05) is 5.69 Å². The summed E-state index contributed by atoms with van der Waals surface area (Å²) >= 11 is 0. The van der Waals surface area contributed by atoms with Gasteiger partial charge in [0.15, 0.2) is 0 Å². The molecular weight excluding hydrogens is 309 g/mol. The first-order valence-corrected chi connectivity index (χ1v) is 6.89. The highest BCUT2D eigenvalue weighted by atomic mass is 19.4. The molecule has 122 valence electrons. The molecule has 2 rings (SSSR count). The van der Waals surface area contributed by atoms with E-state index in [1.807, 2.05) is 0 Å². The third kappa shape index (κ3) is 4.70. The van der Waals surface area contributed by atoms with E-state index in [0.29, 0.717) is 11.3 Å². The highest BCUT2D eigenvalue weighted by Gasteiger charge is 2.33. The molecule has 0 saturated heterocycles. The molecule has 0 radical (unpaired) electrons. The Morgan fingerprint density at radius 3 is 2.39 bits per heavy atom. The van der Waals surface area contributed by atoms with Crippen LogP contribution in [0.5, 0.6) is 0 Å². The van der Waals surface area contributed by atoms with Gasteiger partial charge in [0.2, 0.25) is 0 Å². The van der Waals surface area contributed by atoms with Crippen molar-refractivity contribution in [3.63, 3.8) is 0 Å². The topological polar surface area (TPSA) is 62.0 Å². The first kappa shape index (κ1) is 16.8. The largest absolute Gasteiger partial charge is 0.391 e. The molecule has 1 amide bonds. The predicted molar refractivity (Wildman–Crippen MR) is 79.1 cm³/mol. The van der Waals surface area contributed by atoms with Gasteiger partial charge in [-0.05, 0) is 24.6 Å². The Morgan fingerprint density at radius 2 is 1.83 bits per heavy atom. The summed E-state index contributed by atoms with van der Waals surface area (Å²) < 4.78 is 38.3. The fourth-order valence-corrected chi connectivity index (χ4v) is 2.16. The summed E-state index contributed by atoms with van der Waals surface area (Å²) in [6.45, 7) is 1.64. The monoisotopic (exact) mass is 324 g/mol. The van der Waals surface area contributed by atoms with Crippen LogP contribution < -0.4 is 10.9 Å². The highest BCUT2D eigenvalue weighted by Crippen LogP contribution is 2.29. The molecule has 1 aromatic heterocycles. The van der Waals surface area contributed by atoms with Crippen molar-refractivity contribution in [1.29, 1.82) is 0 Å². The zero-order chi connectivity index (χ0) is 17.0. The lowest BCUT2D eigenvalue weighted by Crippen LogP contribution is -2.35. The van der Waals surface area contributed by atoms with Crippen molar-refractivity contribution in [2.45, 2.75) is 25.6 Å². The van der Waals surface area contributed by atoms with Gasteiger partial charge in [-0.2, -0.15) is 13.2 Å². The lowest BCUT2D eigenvalue weighted by molar-refractivity contribution is -0.139. The maximum Gasteiger partial charge on any atom is 0.391 e. The Balaban J connectivity index is 2.27. The lowest BCUT2D eigenvalue weighted by atomic mass is 10.0. The molecule has 0 aliphatic rings. The van der Waals surface area contributed by atoms with Crippen molar-refractivity contribution < 1.29 is 18.0 Å². The molecule has 2 N–H and O–H groups in total. The van der Waals surface area contributed by atoms with Crippen molar-refractivity contribution >= 4 is 5.91 Å². The van der Waals surface area contributed by atoms with Crippen LogP contribution in [0.15, 0.2) is 47.3 Å². The molecule has 0 aliphatic carbocycles. The van der Waals surface area contributed by atoms with Gasteiger partial charge in [0.25, 0.3) is 11.5 Å². The number of rotatable bonds is 4. The van der Waals surface area contributed by atoms with Gasteiger partial charge in [-0.1, -0.05) is 30.3 Å². The minimum absolute atomic E-state index is 0.223. The van der Waals surface area contributed by atoms with Gasteiger partial charge in [-0.15, -0.1) is 0 Å². The maximum atomic E-state index is 12.8. The van der Waals surface area contributed by atoms with E-state index < -0.39 is 30.1 Å². The SMILES string of the molecule is Cc1ccc(C(=O)N[C@@H](CC(F)(F)F)c2ccccc2)c(=O)[nH]1. The van der Waals surface area contributed by atoms with Crippen LogP contribution in [0.4, 0.5) is 13.2 Å². The second kappa shape index (κ2) is 6.68. The lowest BCUT2D eigenvalue weighted by Gasteiger charge is -2.20. The highest BCUT2D eigenvalue weighted by molar-refractivity contribution is 5.94. The molecule has 4 nitrogen and oxygen atoms in total. The number of H-pyrrole nitrogens is 1. The Kier molecular flexibility index (Phi) is 4.88. The van der Waals surface area contributed by atoms with Crippen LogP contribution >= 0.6 is 0 Å². The Labute approximate surface area is 130 Å². The summed E-state index contributed by atoms with van der Waals surface area (Å²) in [6, 6.07) is 9.38. The number of carbonyl (C=O) groups excluding carboxylic acids is 1. The van der Waals surface area contributed by atoms with Gasteiger partial charge in [-0.25, -0.2) is 0 Å². The normalized spacial score (nSPS) is 12.7. The molecule has 1 aromatic carbocycles. The smallest absolute Gasteiger partial charge is 0.345 e. The van der Waals surface area contributed by atoms with Crippen LogP contribution in [0.2, 0.25) is 0 Å². The van der Waals surface area contributed by atoms with Gasteiger partial charge in [0.05, 0.1) is 12.5 Å². The van der Waals surface area contributed by atoms with Crippen LogP contribution in [-0.2, 0) is 0 Å². The van der Waals surface area contributed by atoms with Crippen LogP contribution in [0.1, 0.15) is 34.1 Å². The molecule has 23 heavy (non-hydrogen) atoms. The Hall–Kier alpha value is -2.57. The number of aromatic amines is 1. The summed E-state index contributed by atoms with van der Waals surface area (Å²) in [4.78, 5) is 26.3. The predicted octanol–water partition coefficient (Wildman–Crippen LogP) is 3.11. The number of alkyl halides is 3. The molecule has 1 atom stereocenters. The van der Waals surface area contributed by atoms with E-state index in [4.69, 9.17) is 0 Å². The molecule has 0 bridgehead atoms. The number of pyridine rings is 1. The maximum absolute atomic E-state index is 12.8. The minimum atomic E-state index is -4.45. The third-order valence-corrected chi connectivity index (χ3v) is 3.24. The van der Waals surface area contributed by atoms with Crippen LogP contribution in [0.25, 0.3) is 0 Å². The summed E-state index contributed by atoms with van der Waals surface area (Å²) in [5.41, 5.74) is 0.0168. The second-order valence-electron chi connectivity index (χ2n) is 5.14. The zero-order valence-electron chi connectivity index (χ0n) is 12.3. The summed E-state index contributed by atoms with van der Waals surface area (Å²) in [5.74, 6) is -0.843. The van der Waals surface area contributed by atoms with E-state index in [0.717, 1.165) is 0 Å². The number of aromatic nitrogens is 1. The van der Waals surface area contributed by atoms with Crippen LogP contribution in [0, 0.1) is 6.92 Å². The summed E-state index contributed by atoms with van der Waals surface area (Å²) in [7, 11) is 0. The van der Waals surface area contributed by atoms with Gasteiger partial charge in [-0.3, -0.25) is 9.59 Å². The van der Waals surface area contributed by atoms with E-state index in [1.54, 1.807) is 25.1 Å². The summed E-state index contributed by atoms with van der Waals surface area (Å²) in [5, 5.41) is 2.29. The van der Waals surface area contributed by atoms with Crippen molar-refractivity contribution in [2.24, 2.45) is 0 Å². The fraction of sp³-hybridized carbons (Fsp3) is 0.250. The van der Waals surface area contributed by atoms with Gasteiger partial charge >= 0.3 is 6.18 Å².